The van der Waals surface area contributed by atoms with Crippen LogP contribution < -0.4 is 5.32 Å². The molecule has 0 radical (unpaired) electrons. The third kappa shape index (κ3) is 6.81. The lowest BCUT2D eigenvalue weighted by Crippen LogP contribution is -2.54. The van der Waals surface area contributed by atoms with Gasteiger partial charge in [0.25, 0.3) is 0 Å². The second kappa shape index (κ2) is 10.2. The van der Waals surface area contributed by atoms with Crippen LogP contribution in [0.15, 0.2) is 36.4 Å². The van der Waals surface area contributed by atoms with Gasteiger partial charge in [0.1, 0.15) is 11.6 Å². The molecule has 176 valence electrons. The molecule has 1 aromatic rings. The van der Waals surface area contributed by atoms with Gasteiger partial charge in [0.15, 0.2) is 0 Å². The van der Waals surface area contributed by atoms with Gasteiger partial charge in [-0.25, -0.2) is 4.79 Å². The van der Waals surface area contributed by atoms with Gasteiger partial charge in [-0.05, 0) is 26.3 Å². The number of carbonyl (C=O) groups is 3. The Kier molecular flexibility index (Phi) is 8.06. The molecule has 1 amide bonds. The summed E-state index contributed by atoms with van der Waals surface area (Å²) in [6.07, 6.45) is -2.87. The SMILES string of the molecule is COC(=O)[C@@H]1[C@@H]([C@H](NC(=O)C(F)(F)F)C(=O)OC(C)(C)C)CO[C@@H]1/C=C/c1ccccc1. The molecule has 0 saturated carbocycles. The van der Waals surface area contributed by atoms with E-state index < -0.39 is 53.6 Å². The van der Waals surface area contributed by atoms with Gasteiger partial charge in [-0.15, -0.1) is 0 Å². The maximum absolute atomic E-state index is 12.9. The summed E-state index contributed by atoms with van der Waals surface area (Å²) in [5.74, 6) is -6.50. The number of rotatable bonds is 6. The molecule has 0 spiro atoms. The molecule has 10 heteroatoms. The molecule has 1 N–H and O–H groups in total. The van der Waals surface area contributed by atoms with Crippen LogP contribution in [0.3, 0.4) is 0 Å². The van der Waals surface area contributed by atoms with Gasteiger partial charge in [-0.2, -0.15) is 13.2 Å². The van der Waals surface area contributed by atoms with Crippen LogP contribution in [-0.2, 0) is 28.6 Å². The first kappa shape index (κ1) is 25.4. The topological polar surface area (TPSA) is 90.9 Å². The zero-order chi connectivity index (χ0) is 24.1. The highest BCUT2D eigenvalue weighted by molar-refractivity contribution is 5.88. The van der Waals surface area contributed by atoms with Crippen molar-refractivity contribution in [2.45, 2.75) is 44.7 Å². The fourth-order valence-electron chi connectivity index (χ4n) is 3.30. The highest BCUT2D eigenvalue weighted by Crippen LogP contribution is 2.34. The Morgan fingerprint density at radius 3 is 2.31 bits per heavy atom. The van der Waals surface area contributed by atoms with E-state index in [0.29, 0.717) is 0 Å². The number of benzene rings is 1. The molecule has 1 heterocycles. The van der Waals surface area contributed by atoms with E-state index in [4.69, 9.17) is 14.2 Å². The first-order chi connectivity index (χ1) is 14.8. The second-order valence-electron chi connectivity index (χ2n) is 8.26. The minimum absolute atomic E-state index is 0.272. The second-order valence-corrected chi connectivity index (χ2v) is 8.26. The zero-order valence-corrected chi connectivity index (χ0v) is 18.1. The maximum Gasteiger partial charge on any atom is 0.471 e. The molecule has 2 rings (SSSR count). The van der Waals surface area contributed by atoms with E-state index in [9.17, 15) is 27.6 Å². The standard InChI is InChI=1S/C22H26F3NO6/c1-21(2,3)32-19(28)17(26-20(29)22(23,24)25)14-12-31-15(16(14)18(27)30-4)11-10-13-8-6-5-7-9-13/h5-11,14-17H,12H2,1-4H3,(H,26,29)/b11-10+/t14-,15+,16+,17-/m0/s1. The van der Waals surface area contributed by atoms with Gasteiger partial charge in [-0.1, -0.05) is 42.5 Å². The molecule has 32 heavy (non-hydrogen) atoms. The third-order valence-electron chi connectivity index (χ3n) is 4.68. The smallest absolute Gasteiger partial charge is 0.469 e. The highest BCUT2D eigenvalue weighted by atomic mass is 19.4. The normalized spacial score (nSPS) is 22.4. The maximum atomic E-state index is 12.9. The lowest BCUT2D eigenvalue weighted by Gasteiger charge is -2.29. The van der Waals surface area contributed by atoms with E-state index >= 15 is 0 Å². The molecule has 1 saturated heterocycles. The monoisotopic (exact) mass is 457 g/mol. The van der Waals surface area contributed by atoms with Crippen LogP contribution >= 0.6 is 0 Å². The highest BCUT2D eigenvalue weighted by Gasteiger charge is 2.51. The summed E-state index contributed by atoms with van der Waals surface area (Å²) in [5.41, 5.74) is -0.234. The minimum Gasteiger partial charge on any atom is -0.469 e. The van der Waals surface area contributed by atoms with Gasteiger partial charge in [0, 0.05) is 5.92 Å². The summed E-state index contributed by atoms with van der Waals surface area (Å²) in [5, 5.41) is 1.67. The first-order valence-electron chi connectivity index (χ1n) is 9.86. The summed E-state index contributed by atoms with van der Waals surface area (Å²) >= 11 is 0. The Hall–Kier alpha value is -2.88. The number of methoxy groups -OCH3 is 1. The number of hydrogen-bond acceptors (Lipinski definition) is 6. The number of ether oxygens (including phenoxy) is 3. The van der Waals surface area contributed by atoms with Gasteiger partial charge >= 0.3 is 24.0 Å². The predicted molar refractivity (Wildman–Crippen MR) is 108 cm³/mol. The average molecular weight is 457 g/mol. The lowest BCUT2D eigenvalue weighted by molar-refractivity contribution is -0.178. The van der Waals surface area contributed by atoms with Crippen LogP contribution in [0, 0.1) is 11.8 Å². The molecule has 1 aliphatic rings. The van der Waals surface area contributed by atoms with Crippen LogP contribution in [0.2, 0.25) is 0 Å². The van der Waals surface area contributed by atoms with Crippen molar-refractivity contribution >= 4 is 23.9 Å². The number of hydrogen-bond donors (Lipinski definition) is 1. The molecule has 1 aromatic carbocycles. The zero-order valence-electron chi connectivity index (χ0n) is 18.1. The summed E-state index contributed by atoms with van der Waals surface area (Å²) in [4.78, 5) is 36.9. The number of alkyl halides is 3. The fourth-order valence-corrected chi connectivity index (χ4v) is 3.30. The van der Waals surface area contributed by atoms with E-state index in [-0.39, 0.29) is 6.61 Å². The average Bonchev–Trinajstić information content (AvgIpc) is 3.11. The van der Waals surface area contributed by atoms with E-state index in [1.54, 1.807) is 29.6 Å². The molecule has 0 aliphatic carbocycles. The summed E-state index contributed by atoms with van der Waals surface area (Å²) in [6, 6.07) is 7.28. The molecule has 1 aliphatic heterocycles. The minimum atomic E-state index is -5.23. The van der Waals surface area contributed by atoms with E-state index in [2.05, 4.69) is 0 Å². The van der Waals surface area contributed by atoms with Gasteiger partial charge in [-0.3, -0.25) is 9.59 Å². The Morgan fingerprint density at radius 2 is 1.78 bits per heavy atom. The number of carbonyl (C=O) groups excluding carboxylic acids is 3. The van der Waals surface area contributed by atoms with Crippen molar-refractivity contribution in [3.63, 3.8) is 0 Å². The van der Waals surface area contributed by atoms with Crippen molar-refractivity contribution in [1.29, 1.82) is 0 Å². The molecule has 1 fully saturated rings. The first-order valence-corrected chi connectivity index (χ1v) is 9.86. The number of esters is 2. The lowest BCUT2D eigenvalue weighted by atomic mass is 9.84. The fraction of sp³-hybridized carbons (Fsp3) is 0.500. The van der Waals surface area contributed by atoms with Gasteiger partial charge < -0.3 is 19.5 Å². The van der Waals surface area contributed by atoms with Crippen molar-refractivity contribution in [3.05, 3.63) is 42.0 Å². The number of nitrogens with one attached hydrogen (secondary N) is 1. The van der Waals surface area contributed by atoms with Gasteiger partial charge in [0.2, 0.25) is 0 Å². The van der Waals surface area contributed by atoms with Crippen LogP contribution in [0.25, 0.3) is 6.08 Å². The van der Waals surface area contributed by atoms with Crippen molar-refractivity contribution in [2.24, 2.45) is 11.8 Å². The molecule has 4 atom stereocenters. The molecule has 7 nitrogen and oxygen atoms in total. The van der Waals surface area contributed by atoms with Crippen LogP contribution in [0.4, 0.5) is 13.2 Å². The Balaban J connectivity index is 2.36. The number of amides is 1. The Morgan fingerprint density at radius 1 is 1.16 bits per heavy atom. The van der Waals surface area contributed by atoms with E-state index in [1.807, 2.05) is 18.2 Å². The van der Waals surface area contributed by atoms with Crippen molar-refractivity contribution in [3.8, 4) is 0 Å². The van der Waals surface area contributed by atoms with Crippen molar-refractivity contribution in [2.75, 3.05) is 13.7 Å². The van der Waals surface area contributed by atoms with E-state index in [1.165, 1.54) is 20.8 Å². The van der Waals surface area contributed by atoms with Crippen molar-refractivity contribution in [1.82, 2.24) is 5.32 Å². The van der Waals surface area contributed by atoms with Crippen LogP contribution in [0.5, 0.6) is 0 Å². The molecule has 0 unspecified atom stereocenters. The molecular formula is C22H26F3NO6. The molecular weight excluding hydrogens is 431 g/mol. The summed E-state index contributed by atoms with van der Waals surface area (Å²) in [7, 11) is 1.12. The molecule has 0 bridgehead atoms. The summed E-state index contributed by atoms with van der Waals surface area (Å²) in [6.45, 7) is 4.32. The van der Waals surface area contributed by atoms with Gasteiger partial charge in [0.05, 0.1) is 25.7 Å². The largest absolute Gasteiger partial charge is 0.471 e. The van der Waals surface area contributed by atoms with Crippen LogP contribution in [-0.4, -0.2) is 55.5 Å². The summed E-state index contributed by atoms with van der Waals surface area (Å²) < 4.78 is 54.4. The quantitative estimate of drug-likeness (QED) is 0.661. The van der Waals surface area contributed by atoms with Crippen LogP contribution in [0.1, 0.15) is 26.3 Å². The third-order valence-corrected chi connectivity index (χ3v) is 4.68. The van der Waals surface area contributed by atoms with Crippen molar-refractivity contribution < 1.29 is 41.8 Å². The molecule has 0 aromatic heterocycles. The Bertz CT molecular complexity index is 847. The Labute approximate surface area is 183 Å². The number of halogens is 3. The predicted octanol–water partition coefficient (Wildman–Crippen LogP) is 2.89. The van der Waals surface area contributed by atoms with E-state index in [0.717, 1.165) is 12.7 Å².